The average Bonchev–Trinajstić information content (AvgIpc) is 2.96. The molecule has 4 heterocycles. The molecule has 2 fully saturated rings. The molecule has 0 spiro atoms. The van der Waals surface area contributed by atoms with E-state index in [2.05, 4.69) is 38.2 Å². The minimum atomic E-state index is -0.404. The van der Waals surface area contributed by atoms with Crippen LogP contribution in [-0.2, 0) is 0 Å². The van der Waals surface area contributed by atoms with Crippen LogP contribution in [0, 0.1) is 26.6 Å². The third-order valence-electron chi connectivity index (χ3n) is 7.85. The fourth-order valence-electron chi connectivity index (χ4n) is 5.81. The van der Waals surface area contributed by atoms with Crippen molar-refractivity contribution >= 4 is 23.4 Å². The van der Waals surface area contributed by atoms with Crippen LogP contribution in [-0.4, -0.2) is 82.3 Å². The first kappa shape index (κ1) is 26.8. The highest BCUT2D eigenvalue weighted by Gasteiger charge is 2.32. The molecule has 2 aliphatic heterocycles. The average molecular weight is 534 g/mol. The van der Waals surface area contributed by atoms with Gasteiger partial charge in [-0.25, -0.2) is 19.3 Å². The maximum absolute atomic E-state index is 13.9. The molecule has 3 aromatic rings. The minimum Gasteiger partial charge on any atom is -0.394 e. The van der Waals surface area contributed by atoms with Gasteiger partial charge in [-0.1, -0.05) is 6.07 Å². The summed E-state index contributed by atoms with van der Waals surface area (Å²) in [6, 6.07) is 6.85. The number of aryl methyl sites for hydroxylation is 2. The maximum Gasteiger partial charge on any atom is 0.254 e. The summed E-state index contributed by atoms with van der Waals surface area (Å²) >= 11 is 0. The molecule has 2 saturated heterocycles. The first-order valence-corrected chi connectivity index (χ1v) is 13.5. The summed E-state index contributed by atoms with van der Waals surface area (Å²) in [6.07, 6.45) is 6.62. The van der Waals surface area contributed by atoms with Crippen molar-refractivity contribution in [2.75, 3.05) is 54.4 Å². The van der Waals surface area contributed by atoms with Gasteiger partial charge in [-0.2, -0.15) is 0 Å². The van der Waals surface area contributed by atoms with Crippen LogP contribution in [0.25, 0.3) is 0 Å². The molecule has 2 aliphatic rings. The standard InChI is InChI=1S/C29H36FN7O2/c1-19-15-20(2)27(34-23-7-11-35(12-8-23)29-31-9-4-10-32-29)21(3)26(19)28(39)36-13-14-37(24(17-36)18-38)25-6-5-22(30)16-33-25/h4-6,9-10,15-16,23-24,34,38H,7-8,11-14,17-18H2,1-3H3/t24-/m0/s1. The fraction of sp³-hybridized carbons (Fsp3) is 0.448. The van der Waals surface area contributed by atoms with Crippen molar-refractivity contribution in [3.05, 3.63) is 70.9 Å². The first-order chi connectivity index (χ1) is 18.9. The number of benzene rings is 1. The molecule has 0 saturated carbocycles. The van der Waals surface area contributed by atoms with E-state index < -0.39 is 5.82 Å². The summed E-state index contributed by atoms with van der Waals surface area (Å²) in [6.45, 7) is 9.05. The third-order valence-corrected chi connectivity index (χ3v) is 7.85. The Morgan fingerprint density at radius 3 is 2.46 bits per heavy atom. The lowest BCUT2D eigenvalue weighted by Crippen LogP contribution is -2.56. The Morgan fingerprint density at radius 1 is 1.05 bits per heavy atom. The van der Waals surface area contributed by atoms with Crippen LogP contribution in [0.3, 0.4) is 0 Å². The molecule has 9 nitrogen and oxygen atoms in total. The van der Waals surface area contributed by atoms with Gasteiger partial charge in [-0.15, -0.1) is 0 Å². The molecule has 1 aromatic carbocycles. The zero-order valence-corrected chi connectivity index (χ0v) is 22.8. The highest BCUT2D eigenvalue weighted by Crippen LogP contribution is 2.31. The van der Waals surface area contributed by atoms with Crippen LogP contribution in [0.1, 0.15) is 39.9 Å². The molecule has 0 aliphatic carbocycles. The van der Waals surface area contributed by atoms with Crippen molar-refractivity contribution in [2.45, 2.75) is 45.7 Å². The number of pyridine rings is 1. The van der Waals surface area contributed by atoms with Crippen LogP contribution >= 0.6 is 0 Å². The number of aliphatic hydroxyl groups is 1. The second-order valence-corrected chi connectivity index (χ2v) is 10.5. The molecule has 2 N–H and O–H groups in total. The largest absolute Gasteiger partial charge is 0.394 e. The van der Waals surface area contributed by atoms with Gasteiger partial charge < -0.3 is 25.1 Å². The van der Waals surface area contributed by atoms with E-state index in [1.807, 2.05) is 29.7 Å². The van der Waals surface area contributed by atoms with Gasteiger partial charge in [0.15, 0.2) is 0 Å². The van der Waals surface area contributed by atoms with Gasteiger partial charge in [0, 0.05) is 62.4 Å². The van der Waals surface area contributed by atoms with Crippen LogP contribution in [0.4, 0.5) is 21.8 Å². The van der Waals surface area contributed by atoms with Crippen molar-refractivity contribution in [1.82, 2.24) is 19.9 Å². The maximum atomic E-state index is 13.9. The topological polar surface area (TPSA) is 97.7 Å². The molecule has 1 amide bonds. The minimum absolute atomic E-state index is 0.0331. The summed E-state index contributed by atoms with van der Waals surface area (Å²) in [5, 5.41) is 13.9. The normalized spacial score (nSPS) is 18.4. The highest BCUT2D eigenvalue weighted by atomic mass is 19.1. The lowest BCUT2D eigenvalue weighted by Gasteiger charge is -2.41. The van der Waals surface area contributed by atoms with E-state index in [1.54, 1.807) is 18.5 Å². The summed E-state index contributed by atoms with van der Waals surface area (Å²) in [5.41, 5.74) is 4.75. The molecule has 10 heteroatoms. The van der Waals surface area contributed by atoms with Gasteiger partial charge in [0.05, 0.1) is 18.8 Å². The Kier molecular flexibility index (Phi) is 7.92. The zero-order chi connectivity index (χ0) is 27.5. The van der Waals surface area contributed by atoms with Gasteiger partial charge in [0.25, 0.3) is 5.91 Å². The van der Waals surface area contributed by atoms with Gasteiger partial charge in [-0.05, 0) is 68.5 Å². The van der Waals surface area contributed by atoms with Gasteiger partial charge in [0.2, 0.25) is 5.95 Å². The molecule has 0 unspecified atom stereocenters. The Morgan fingerprint density at radius 2 is 1.79 bits per heavy atom. The summed E-state index contributed by atoms with van der Waals surface area (Å²) < 4.78 is 13.4. The van der Waals surface area contributed by atoms with Crippen LogP contribution in [0.2, 0.25) is 0 Å². The van der Waals surface area contributed by atoms with E-state index in [4.69, 9.17) is 0 Å². The number of aromatic nitrogens is 3. The number of piperazine rings is 1. The Labute approximate surface area is 228 Å². The van der Waals surface area contributed by atoms with Crippen molar-refractivity contribution in [2.24, 2.45) is 0 Å². The van der Waals surface area contributed by atoms with E-state index >= 15 is 0 Å². The van der Waals surface area contributed by atoms with E-state index in [0.717, 1.165) is 54.3 Å². The Hall–Kier alpha value is -3.79. The van der Waals surface area contributed by atoms with Crippen LogP contribution in [0.5, 0.6) is 0 Å². The fourth-order valence-corrected chi connectivity index (χ4v) is 5.81. The van der Waals surface area contributed by atoms with Crippen molar-refractivity contribution in [1.29, 1.82) is 0 Å². The molecular weight excluding hydrogens is 497 g/mol. The highest BCUT2D eigenvalue weighted by molar-refractivity contribution is 5.99. The molecular formula is C29H36FN7O2. The van der Waals surface area contributed by atoms with Crippen molar-refractivity contribution in [3.63, 3.8) is 0 Å². The summed E-state index contributed by atoms with van der Waals surface area (Å²) in [4.78, 5) is 32.7. The summed E-state index contributed by atoms with van der Waals surface area (Å²) in [5.74, 6) is 0.928. The second kappa shape index (κ2) is 11.5. The molecule has 5 rings (SSSR count). The number of nitrogens with zero attached hydrogens (tertiary/aromatic N) is 6. The molecule has 39 heavy (non-hydrogen) atoms. The van der Waals surface area contributed by atoms with Crippen molar-refractivity contribution < 1.29 is 14.3 Å². The van der Waals surface area contributed by atoms with Gasteiger partial charge in [0.1, 0.15) is 11.6 Å². The number of nitrogens with one attached hydrogen (secondary N) is 1. The second-order valence-electron chi connectivity index (χ2n) is 10.5. The predicted molar refractivity (Wildman–Crippen MR) is 150 cm³/mol. The number of hydrogen-bond donors (Lipinski definition) is 2. The number of halogens is 1. The number of piperidine rings is 1. The predicted octanol–water partition coefficient (Wildman–Crippen LogP) is 3.34. The molecule has 0 radical (unpaired) electrons. The number of carbonyl (C=O) groups is 1. The van der Waals surface area contributed by atoms with Crippen LogP contribution < -0.4 is 15.1 Å². The van der Waals surface area contributed by atoms with E-state index in [9.17, 15) is 14.3 Å². The Balaban J connectivity index is 1.29. The zero-order valence-electron chi connectivity index (χ0n) is 22.8. The third kappa shape index (κ3) is 5.66. The van der Waals surface area contributed by atoms with E-state index in [1.165, 1.54) is 12.3 Å². The summed E-state index contributed by atoms with van der Waals surface area (Å²) in [7, 11) is 0. The smallest absolute Gasteiger partial charge is 0.254 e. The van der Waals surface area contributed by atoms with E-state index in [-0.39, 0.29) is 18.6 Å². The Bertz CT molecular complexity index is 1300. The lowest BCUT2D eigenvalue weighted by molar-refractivity contribution is 0.0697. The number of hydrogen-bond acceptors (Lipinski definition) is 8. The van der Waals surface area contributed by atoms with Crippen molar-refractivity contribution in [3.8, 4) is 0 Å². The number of rotatable bonds is 6. The monoisotopic (exact) mass is 533 g/mol. The number of carbonyl (C=O) groups excluding carboxylic acids is 1. The first-order valence-electron chi connectivity index (χ1n) is 13.5. The quantitative estimate of drug-likeness (QED) is 0.498. The number of aliphatic hydroxyl groups excluding tert-OH is 1. The molecule has 206 valence electrons. The number of anilines is 3. The van der Waals surface area contributed by atoms with Crippen LogP contribution in [0.15, 0.2) is 42.9 Å². The number of amides is 1. The molecule has 0 bridgehead atoms. The molecule has 1 atom stereocenters. The lowest BCUT2D eigenvalue weighted by atomic mass is 9.94. The van der Waals surface area contributed by atoms with Gasteiger partial charge in [-0.3, -0.25) is 4.79 Å². The SMILES string of the molecule is Cc1cc(C)c(C(=O)N2CCN(c3ccc(F)cn3)[C@H](CO)C2)c(C)c1NC1CCN(c2ncccn2)CC1. The van der Waals surface area contributed by atoms with E-state index in [0.29, 0.717) is 37.1 Å². The van der Waals surface area contributed by atoms with Gasteiger partial charge >= 0.3 is 0 Å². The molecule has 2 aromatic heterocycles.